The summed E-state index contributed by atoms with van der Waals surface area (Å²) >= 11 is 0. The molecule has 0 spiro atoms. The molecule has 0 saturated heterocycles. The first kappa shape index (κ1) is 18.6. The van der Waals surface area contributed by atoms with Gasteiger partial charge in [0.1, 0.15) is 5.75 Å². The highest BCUT2D eigenvalue weighted by Gasteiger charge is 2.13. The second-order valence-electron chi connectivity index (χ2n) is 6.74. The van der Waals surface area contributed by atoms with Gasteiger partial charge in [-0.2, -0.15) is 0 Å². The number of aryl methyl sites for hydroxylation is 2. The molecule has 0 heterocycles. The van der Waals surface area contributed by atoms with Crippen LogP contribution >= 0.6 is 0 Å². The van der Waals surface area contributed by atoms with Crippen molar-refractivity contribution < 1.29 is 14.3 Å². The summed E-state index contributed by atoms with van der Waals surface area (Å²) in [5.41, 5.74) is 3.92. The van der Waals surface area contributed by atoms with Gasteiger partial charge in [-0.15, -0.1) is 0 Å². The summed E-state index contributed by atoms with van der Waals surface area (Å²) in [7, 11) is 0. The number of fused-ring (bicyclic) bond motifs is 1. The van der Waals surface area contributed by atoms with Crippen LogP contribution in [0.5, 0.6) is 5.75 Å². The molecular formula is C23H23NO3. The summed E-state index contributed by atoms with van der Waals surface area (Å²) in [5, 5.41) is 4.71. The van der Waals surface area contributed by atoms with Crippen LogP contribution in [-0.2, 0) is 4.79 Å². The van der Waals surface area contributed by atoms with E-state index in [4.69, 9.17) is 4.74 Å². The van der Waals surface area contributed by atoms with Gasteiger partial charge >= 0.3 is 0 Å². The highest BCUT2D eigenvalue weighted by Crippen LogP contribution is 2.26. The minimum atomic E-state index is -0.231. The molecular weight excluding hydrogens is 338 g/mol. The molecule has 0 unspecified atom stereocenters. The monoisotopic (exact) mass is 361 g/mol. The number of ether oxygens (including phenoxy) is 1. The summed E-state index contributed by atoms with van der Waals surface area (Å²) in [6.45, 7) is 5.91. The Morgan fingerprint density at radius 1 is 1.07 bits per heavy atom. The van der Waals surface area contributed by atoms with E-state index in [2.05, 4.69) is 31.3 Å². The van der Waals surface area contributed by atoms with Crippen LogP contribution in [0.15, 0.2) is 54.6 Å². The molecule has 0 aliphatic carbocycles. The van der Waals surface area contributed by atoms with Gasteiger partial charge in [-0.1, -0.05) is 48.5 Å². The fraction of sp³-hybridized carbons (Fsp3) is 0.217. The molecule has 4 nitrogen and oxygen atoms in total. The number of carbonyl (C=O) groups is 2. The maximum Gasteiger partial charge on any atom is 0.258 e. The maximum absolute atomic E-state index is 12.3. The molecule has 0 aromatic heterocycles. The first-order valence-electron chi connectivity index (χ1n) is 8.96. The van der Waals surface area contributed by atoms with Gasteiger partial charge < -0.3 is 10.1 Å². The lowest BCUT2D eigenvalue weighted by atomic mass is 10.0. The summed E-state index contributed by atoms with van der Waals surface area (Å²) < 4.78 is 5.63. The van der Waals surface area contributed by atoms with Crippen LogP contribution in [0.1, 0.15) is 40.0 Å². The maximum atomic E-state index is 12.3. The molecule has 0 aliphatic rings. The quantitative estimate of drug-likeness (QED) is 0.657. The number of benzene rings is 3. The number of aldehydes is 1. The Hall–Kier alpha value is -3.14. The summed E-state index contributed by atoms with van der Waals surface area (Å²) in [6.07, 6.45) is 0.771. The van der Waals surface area contributed by atoms with Crippen LogP contribution in [0.2, 0.25) is 0 Å². The van der Waals surface area contributed by atoms with Crippen molar-refractivity contribution in [1.29, 1.82) is 0 Å². The molecule has 3 aromatic rings. The largest absolute Gasteiger partial charge is 0.483 e. The number of carbonyl (C=O) groups excluding carboxylic acids is 2. The van der Waals surface area contributed by atoms with Crippen molar-refractivity contribution in [3.8, 4) is 5.75 Å². The van der Waals surface area contributed by atoms with Crippen molar-refractivity contribution in [1.82, 2.24) is 5.32 Å². The fourth-order valence-electron chi connectivity index (χ4n) is 3.07. The van der Waals surface area contributed by atoms with Gasteiger partial charge in [0.15, 0.2) is 12.9 Å². The minimum Gasteiger partial charge on any atom is -0.483 e. The van der Waals surface area contributed by atoms with Gasteiger partial charge in [0, 0.05) is 0 Å². The number of nitrogens with one attached hydrogen (secondary N) is 1. The number of hydrogen-bond donors (Lipinski definition) is 1. The molecule has 3 rings (SSSR count). The van der Waals surface area contributed by atoms with Crippen LogP contribution in [-0.4, -0.2) is 18.8 Å². The summed E-state index contributed by atoms with van der Waals surface area (Å²) in [5.74, 6) is 0.184. The van der Waals surface area contributed by atoms with Gasteiger partial charge in [-0.05, 0) is 54.3 Å². The predicted molar refractivity (Wildman–Crippen MR) is 107 cm³/mol. The zero-order chi connectivity index (χ0) is 19.4. The topological polar surface area (TPSA) is 55.4 Å². The molecule has 0 aliphatic heterocycles. The Labute approximate surface area is 159 Å². The highest BCUT2D eigenvalue weighted by molar-refractivity contribution is 6.00. The normalized spacial score (nSPS) is 11.8. The molecule has 1 N–H and O–H groups in total. The molecule has 0 saturated carbocycles. The molecule has 138 valence electrons. The Kier molecular flexibility index (Phi) is 5.55. The molecule has 0 bridgehead atoms. The van der Waals surface area contributed by atoms with Crippen molar-refractivity contribution in [3.63, 3.8) is 0 Å². The Morgan fingerprint density at radius 3 is 2.59 bits per heavy atom. The molecule has 1 amide bonds. The van der Waals surface area contributed by atoms with E-state index in [0.717, 1.165) is 22.6 Å². The van der Waals surface area contributed by atoms with Crippen LogP contribution in [0, 0.1) is 13.8 Å². The zero-order valence-electron chi connectivity index (χ0n) is 15.8. The average Bonchev–Trinajstić information content (AvgIpc) is 2.67. The third-order valence-electron chi connectivity index (χ3n) is 4.82. The standard InChI is InChI=1S/C23H23NO3/c1-15-8-9-19(12-16(15)2)17(3)24-23(26)14-27-22-11-10-18-6-4-5-7-20(18)21(22)13-25/h4-13,17H,14H2,1-3H3,(H,24,26)/t17-/m0/s1. The fourth-order valence-corrected chi connectivity index (χ4v) is 3.07. The number of amides is 1. The third-order valence-corrected chi connectivity index (χ3v) is 4.82. The number of hydrogen-bond acceptors (Lipinski definition) is 3. The molecule has 0 fully saturated rings. The Morgan fingerprint density at radius 2 is 1.85 bits per heavy atom. The van der Waals surface area contributed by atoms with Crippen molar-refractivity contribution in [2.45, 2.75) is 26.8 Å². The molecule has 4 heteroatoms. The van der Waals surface area contributed by atoms with Crippen LogP contribution in [0.3, 0.4) is 0 Å². The average molecular weight is 361 g/mol. The van der Waals surface area contributed by atoms with Gasteiger partial charge in [0.2, 0.25) is 0 Å². The smallest absolute Gasteiger partial charge is 0.258 e. The summed E-state index contributed by atoms with van der Waals surface area (Å²) in [6, 6.07) is 17.2. The Balaban J connectivity index is 1.67. The third kappa shape index (κ3) is 4.17. The summed E-state index contributed by atoms with van der Waals surface area (Å²) in [4.78, 5) is 23.8. The van der Waals surface area contributed by atoms with Gasteiger partial charge in [0.05, 0.1) is 11.6 Å². The molecule has 3 aromatic carbocycles. The minimum absolute atomic E-state index is 0.123. The van der Waals surface area contributed by atoms with E-state index in [1.807, 2.05) is 43.3 Å². The van der Waals surface area contributed by atoms with Gasteiger partial charge in [-0.3, -0.25) is 9.59 Å². The first-order chi connectivity index (χ1) is 13.0. The van der Waals surface area contributed by atoms with Gasteiger partial charge in [-0.25, -0.2) is 0 Å². The second-order valence-corrected chi connectivity index (χ2v) is 6.74. The van der Waals surface area contributed by atoms with E-state index in [-0.39, 0.29) is 18.6 Å². The van der Waals surface area contributed by atoms with E-state index in [1.54, 1.807) is 6.07 Å². The van der Waals surface area contributed by atoms with Crippen molar-refractivity contribution >= 4 is 23.0 Å². The SMILES string of the molecule is Cc1ccc([C@H](C)NC(=O)COc2ccc3ccccc3c2C=O)cc1C. The predicted octanol–water partition coefficient (Wildman–Crippen LogP) is 4.53. The van der Waals surface area contributed by atoms with Gasteiger partial charge in [0.25, 0.3) is 5.91 Å². The van der Waals surface area contributed by atoms with E-state index < -0.39 is 0 Å². The zero-order valence-corrected chi connectivity index (χ0v) is 15.8. The molecule has 1 atom stereocenters. The highest BCUT2D eigenvalue weighted by atomic mass is 16.5. The molecule has 27 heavy (non-hydrogen) atoms. The van der Waals surface area contributed by atoms with E-state index >= 15 is 0 Å². The van der Waals surface area contributed by atoms with Crippen molar-refractivity contribution in [3.05, 3.63) is 76.9 Å². The van der Waals surface area contributed by atoms with Crippen molar-refractivity contribution in [2.24, 2.45) is 0 Å². The lowest BCUT2D eigenvalue weighted by Crippen LogP contribution is -2.31. The van der Waals surface area contributed by atoms with E-state index in [9.17, 15) is 9.59 Å². The van der Waals surface area contributed by atoms with Crippen LogP contribution < -0.4 is 10.1 Å². The van der Waals surface area contributed by atoms with E-state index in [0.29, 0.717) is 11.3 Å². The first-order valence-corrected chi connectivity index (χ1v) is 8.96. The lowest BCUT2D eigenvalue weighted by Gasteiger charge is -2.16. The Bertz CT molecular complexity index is 994. The molecule has 0 radical (unpaired) electrons. The lowest BCUT2D eigenvalue weighted by molar-refractivity contribution is -0.123. The van der Waals surface area contributed by atoms with Crippen LogP contribution in [0.25, 0.3) is 10.8 Å². The second kappa shape index (κ2) is 8.04. The van der Waals surface area contributed by atoms with E-state index in [1.165, 1.54) is 11.1 Å². The van der Waals surface area contributed by atoms with Crippen molar-refractivity contribution in [2.75, 3.05) is 6.61 Å². The van der Waals surface area contributed by atoms with Crippen LogP contribution in [0.4, 0.5) is 0 Å². The number of rotatable bonds is 6.